The summed E-state index contributed by atoms with van der Waals surface area (Å²) in [7, 11) is 0. The molecule has 2 N–H and O–H groups in total. The molecule has 0 saturated carbocycles. The first-order chi connectivity index (χ1) is 11.1. The molecule has 2 rings (SSSR count). The quantitative estimate of drug-likeness (QED) is 0.662. The molecular weight excluding hydrogens is 295 g/mol. The van der Waals surface area contributed by atoms with Gasteiger partial charge in [0.05, 0.1) is 0 Å². The van der Waals surface area contributed by atoms with Crippen molar-refractivity contribution >= 4 is 17.6 Å². The van der Waals surface area contributed by atoms with Gasteiger partial charge in [-0.05, 0) is 49.9 Å². The van der Waals surface area contributed by atoms with Crippen molar-refractivity contribution in [1.82, 2.24) is 10.2 Å². The molecule has 6 heteroatoms. The molecule has 0 spiro atoms. The molecule has 1 aliphatic rings. The predicted molar refractivity (Wildman–Crippen MR) is 91.0 cm³/mol. The van der Waals surface area contributed by atoms with E-state index in [1.807, 2.05) is 6.92 Å². The van der Waals surface area contributed by atoms with E-state index in [0.717, 1.165) is 32.0 Å². The molecular formula is C17H25FN4O. The highest BCUT2D eigenvalue weighted by molar-refractivity contribution is 5.94. The predicted octanol–water partition coefficient (Wildman–Crippen LogP) is 2.46. The van der Waals surface area contributed by atoms with Gasteiger partial charge in [0, 0.05) is 25.3 Å². The number of nitrogens with one attached hydrogen (secondary N) is 2. The van der Waals surface area contributed by atoms with Crippen LogP contribution in [0, 0.1) is 11.7 Å². The Morgan fingerprint density at radius 3 is 2.78 bits per heavy atom. The Balaban J connectivity index is 1.93. The number of halogens is 1. The van der Waals surface area contributed by atoms with Crippen LogP contribution in [0.2, 0.25) is 0 Å². The summed E-state index contributed by atoms with van der Waals surface area (Å²) in [5.41, 5.74) is 0.572. The first-order valence-corrected chi connectivity index (χ1v) is 8.17. The minimum Gasteiger partial charge on any atom is -0.357 e. The highest BCUT2D eigenvalue weighted by Gasteiger charge is 2.19. The number of hydrogen-bond donors (Lipinski definition) is 2. The molecule has 126 valence electrons. The zero-order valence-corrected chi connectivity index (χ0v) is 13.8. The van der Waals surface area contributed by atoms with E-state index in [-0.39, 0.29) is 18.3 Å². The number of anilines is 1. The van der Waals surface area contributed by atoms with Gasteiger partial charge in [0.2, 0.25) is 5.91 Å². The molecule has 1 atom stereocenters. The van der Waals surface area contributed by atoms with E-state index in [9.17, 15) is 9.18 Å². The van der Waals surface area contributed by atoms with Crippen molar-refractivity contribution in [1.29, 1.82) is 0 Å². The van der Waals surface area contributed by atoms with E-state index in [0.29, 0.717) is 11.6 Å². The van der Waals surface area contributed by atoms with Crippen molar-refractivity contribution in [2.75, 3.05) is 31.5 Å². The van der Waals surface area contributed by atoms with Crippen LogP contribution in [0.5, 0.6) is 0 Å². The van der Waals surface area contributed by atoms with Gasteiger partial charge in [-0.2, -0.15) is 0 Å². The maximum Gasteiger partial charge on any atom is 0.246 e. The Morgan fingerprint density at radius 1 is 1.39 bits per heavy atom. The van der Waals surface area contributed by atoms with E-state index in [4.69, 9.17) is 0 Å². The van der Waals surface area contributed by atoms with Gasteiger partial charge in [-0.3, -0.25) is 4.79 Å². The van der Waals surface area contributed by atoms with Gasteiger partial charge in [-0.1, -0.05) is 6.92 Å². The molecule has 0 bridgehead atoms. The van der Waals surface area contributed by atoms with Crippen molar-refractivity contribution in [2.45, 2.75) is 26.7 Å². The number of rotatable bonds is 4. The van der Waals surface area contributed by atoms with Gasteiger partial charge in [0.15, 0.2) is 5.96 Å². The lowest BCUT2D eigenvalue weighted by atomic mass is 10.0. The molecule has 0 radical (unpaired) electrons. The molecule has 1 unspecified atom stereocenters. The molecule has 1 fully saturated rings. The van der Waals surface area contributed by atoms with Crippen molar-refractivity contribution in [3.8, 4) is 0 Å². The molecule has 0 aliphatic carbocycles. The van der Waals surface area contributed by atoms with Crippen molar-refractivity contribution in [3.05, 3.63) is 30.1 Å². The third-order valence-corrected chi connectivity index (χ3v) is 3.79. The average molecular weight is 320 g/mol. The van der Waals surface area contributed by atoms with Crippen LogP contribution >= 0.6 is 0 Å². The number of aliphatic imine (C=N–C) groups is 1. The monoisotopic (exact) mass is 320 g/mol. The molecule has 1 aromatic rings. The number of piperidine rings is 1. The van der Waals surface area contributed by atoms with Gasteiger partial charge in [-0.25, -0.2) is 9.38 Å². The van der Waals surface area contributed by atoms with E-state index < -0.39 is 0 Å². The Bertz CT molecular complexity index is 544. The molecule has 1 aromatic carbocycles. The Hall–Kier alpha value is -2.11. The van der Waals surface area contributed by atoms with Crippen LogP contribution in [0.25, 0.3) is 0 Å². The minimum atomic E-state index is -0.324. The summed E-state index contributed by atoms with van der Waals surface area (Å²) in [5, 5.41) is 5.97. The van der Waals surface area contributed by atoms with Gasteiger partial charge in [0.1, 0.15) is 12.4 Å². The average Bonchev–Trinajstić information content (AvgIpc) is 2.53. The molecule has 23 heavy (non-hydrogen) atoms. The fourth-order valence-corrected chi connectivity index (χ4v) is 2.69. The summed E-state index contributed by atoms with van der Waals surface area (Å²) in [6.45, 7) is 6.99. The zero-order valence-electron chi connectivity index (χ0n) is 13.8. The largest absolute Gasteiger partial charge is 0.357 e. The molecule has 1 amide bonds. The second-order valence-corrected chi connectivity index (χ2v) is 5.92. The van der Waals surface area contributed by atoms with Gasteiger partial charge < -0.3 is 15.5 Å². The Labute approximate surface area is 137 Å². The van der Waals surface area contributed by atoms with Gasteiger partial charge in [-0.15, -0.1) is 0 Å². The fraction of sp³-hybridized carbons (Fsp3) is 0.529. The number of carbonyl (C=O) groups excluding carboxylic acids is 1. The highest BCUT2D eigenvalue weighted by Crippen LogP contribution is 2.15. The van der Waals surface area contributed by atoms with E-state index in [2.05, 4.69) is 27.4 Å². The molecule has 1 saturated heterocycles. The molecule has 1 aliphatic heterocycles. The van der Waals surface area contributed by atoms with Crippen LogP contribution in [-0.2, 0) is 4.79 Å². The Kier molecular flexibility index (Phi) is 6.38. The van der Waals surface area contributed by atoms with Gasteiger partial charge in [0.25, 0.3) is 0 Å². The highest BCUT2D eigenvalue weighted by atomic mass is 19.1. The van der Waals surface area contributed by atoms with Crippen molar-refractivity contribution in [3.63, 3.8) is 0 Å². The maximum atomic E-state index is 12.9. The van der Waals surface area contributed by atoms with E-state index in [1.165, 1.54) is 30.7 Å². The minimum absolute atomic E-state index is 0.0462. The molecule has 5 nitrogen and oxygen atoms in total. The summed E-state index contributed by atoms with van der Waals surface area (Å²) >= 11 is 0. The van der Waals surface area contributed by atoms with Crippen LogP contribution in [0.4, 0.5) is 10.1 Å². The van der Waals surface area contributed by atoms with E-state index in [1.54, 1.807) is 0 Å². The van der Waals surface area contributed by atoms with Crippen LogP contribution < -0.4 is 10.6 Å². The lowest BCUT2D eigenvalue weighted by Crippen LogP contribution is -2.46. The summed E-state index contributed by atoms with van der Waals surface area (Å²) in [6.07, 6.45) is 2.38. The van der Waals surface area contributed by atoms with Crippen LogP contribution in [0.3, 0.4) is 0 Å². The molecule has 0 aromatic heterocycles. The second-order valence-electron chi connectivity index (χ2n) is 5.92. The summed E-state index contributed by atoms with van der Waals surface area (Å²) in [4.78, 5) is 18.6. The topological polar surface area (TPSA) is 56.7 Å². The van der Waals surface area contributed by atoms with Crippen molar-refractivity contribution < 1.29 is 9.18 Å². The standard InChI is InChI=1S/C17H25FN4O/c1-3-19-17(22-10-4-5-13(2)12-22)20-11-16(23)21-15-8-6-14(18)7-9-15/h6-9,13H,3-5,10-12H2,1-2H3,(H,19,20)(H,21,23). The Morgan fingerprint density at radius 2 is 2.13 bits per heavy atom. The van der Waals surface area contributed by atoms with Crippen LogP contribution in [-0.4, -0.2) is 42.9 Å². The lowest BCUT2D eigenvalue weighted by molar-refractivity contribution is -0.114. The number of hydrogen-bond acceptors (Lipinski definition) is 2. The number of guanidine groups is 1. The number of carbonyl (C=O) groups is 1. The second kappa shape index (κ2) is 8.50. The first kappa shape index (κ1) is 17.2. The number of nitrogens with zero attached hydrogens (tertiary/aromatic N) is 2. The van der Waals surface area contributed by atoms with Crippen molar-refractivity contribution in [2.24, 2.45) is 10.9 Å². The fourth-order valence-electron chi connectivity index (χ4n) is 2.69. The SMILES string of the molecule is CCNC(=NCC(=O)Nc1ccc(F)cc1)N1CCCC(C)C1. The normalized spacial score (nSPS) is 18.7. The van der Waals surface area contributed by atoms with Crippen LogP contribution in [0.1, 0.15) is 26.7 Å². The summed E-state index contributed by atoms with van der Waals surface area (Å²) in [6, 6.07) is 5.71. The zero-order chi connectivity index (χ0) is 16.7. The number of benzene rings is 1. The maximum absolute atomic E-state index is 12.9. The third-order valence-electron chi connectivity index (χ3n) is 3.79. The smallest absolute Gasteiger partial charge is 0.246 e. The first-order valence-electron chi connectivity index (χ1n) is 8.17. The lowest BCUT2D eigenvalue weighted by Gasteiger charge is -2.33. The number of likely N-dealkylation sites (tertiary alicyclic amines) is 1. The third kappa shape index (κ3) is 5.54. The van der Waals surface area contributed by atoms with Gasteiger partial charge >= 0.3 is 0 Å². The summed E-state index contributed by atoms with van der Waals surface area (Å²) in [5.74, 6) is 0.890. The summed E-state index contributed by atoms with van der Waals surface area (Å²) < 4.78 is 12.9. The van der Waals surface area contributed by atoms with Crippen LogP contribution in [0.15, 0.2) is 29.3 Å². The number of amides is 1. The van der Waals surface area contributed by atoms with E-state index >= 15 is 0 Å². The molecule has 1 heterocycles.